The zero-order valence-electron chi connectivity index (χ0n) is 13.7. The number of carbonyl (C=O) groups is 2. The fraction of sp³-hybridized carbons (Fsp3) is 0.263. The van der Waals surface area contributed by atoms with Crippen molar-refractivity contribution in [3.05, 3.63) is 59.4 Å². The van der Waals surface area contributed by atoms with Gasteiger partial charge in [0, 0.05) is 24.8 Å². The van der Waals surface area contributed by atoms with Crippen LogP contribution in [-0.4, -0.2) is 34.8 Å². The van der Waals surface area contributed by atoms with E-state index >= 15 is 0 Å². The average molecular weight is 334 g/mol. The number of nitriles is 1. The number of rotatable bonds is 3. The van der Waals surface area contributed by atoms with E-state index in [4.69, 9.17) is 5.26 Å². The molecule has 1 aliphatic rings. The van der Waals surface area contributed by atoms with E-state index < -0.39 is 5.91 Å². The lowest BCUT2D eigenvalue weighted by Crippen LogP contribution is -2.35. The number of nitrogens with zero attached hydrogens (tertiary/aromatic N) is 3. The molecule has 1 aromatic carbocycles. The fourth-order valence-electron chi connectivity index (χ4n) is 2.84. The molecule has 1 saturated heterocycles. The zero-order chi connectivity index (χ0) is 17.6. The first-order valence-electron chi connectivity index (χ1n) is 8.25. The summed E-state index contributed by atoms with van der Waals surface area (Å²) in [5.41, 5.74) is 1.40. The van der Waals surface area contributed by atoms with Crippen LogP contribution in [0.2, 0.25) is 0 Å². The lowest BCUT2D eigenvalue weighted by molar-refractivity contribution is 0.0724. The third-order valence-corrected chi connectivity index (χ3v) is 4.18. The Labute approximate surface area is 146 Å². The molecule has 0 saturated carbocycles. The Balaban J connectivity index is 1.77. The maximum Gasteiger partial charge on any atom is 0.274 e. The molecule has 0 unspecified atom stereocenters. The fourth-order valence-corrected chi connectivity index (χ4v) is 2.84. The summed E-state index contributed by atoms with van der Waals surface area (Å²) in [6.45, 7) is 1.50. The van der Waals surface area contributed by atoms with Gasteiger partial charge in [0.2, 0.25) is 0 Å². The van der Waals surface area contributed by atoms with Gasteiger partial charge in [0.05, 0.1) is 11.3 Å². The smallest absolute Gasteiger partial charge is 0.274 e. The van der Waals surface area contributed by atoms with E-state index in [1.807, 2.05) is 11.0 Å². The number of para-hydroxylation sites is 1. The SMILES string of the molecule is N#Cc1ccccc1NC(=O)c1cc(C(=O)N2CCCCC2)ccn1. The van der Waals surface area contributed by atoms with Crippen molar-refractivity contribution >= 4 is 17.5 Å². The Morgan fingerprint density at radius 3 is 2.64 bits per heavy atom. The van der Waals surface area contributed by atoms with Crippen LogP contribution >= 0.6 is 0 Å². The topological polar surface area (TPSA) is 86.1 Å². The van der Waals surface area contributed by atoms with Gasteiger partial charge < -0.3 is 10.2 Å². The average Bonchev–Trinajstić information content (AvgIpc) is 2.68. The second-order valence-electron chi connectivity index (χ2n) is 5.89. The van der Waals surface area contributed by atoms with Crippen LogP contribution in [-0.2, 0) is 0 Å². The minimum Gasteiger partial charge on any atom is -0.339 e. The number of hydrogen-bond acceptors (Lipinski definition) is 4. The number of carbonyl (C=O) groups excluding carboxylic acids is 2. The molecule has 6 nitrogen and oxygen atoms in total. The van der Waals surface area contributed by atoms with Gasteiger partial charge in [-0.1, -0.05) is 12.1 Å². The van der Waals surface area contributed by atoms with E-state index in [1.54, 1.807) is 30.3 Å². The molecule has 2 amide bonds. The highest BCUT2D eigenvalue weighted by molar-refractivity contribution is 6.05. The number of anilines is 1. The number of amides is 2. The normalized spacial score (nSPS) is 13.8. The molecule has 1 aromatic heterocycles. The number of nitrogens with one attached hydrogen (secondary N) is 1. The molecular formula is C19H18N4O2. The first kappa shape index (κ1) is 16.7. The molecular weight excluding hydrogens is 316 g/mol. The van der Waals surface area contributed by atoms with Crippen LogP contribution in [0.4, 0.5) is 5.69 Å². The lowest BCUT2D eigenvalue weighted by Gasteiger charge is -2.26. The van der Waals surface area contributed by atoms with Gasteiger partial charge in [0.25, 0.3) is 11.8 Å². The summed E-state index contributed by atoms with van der Waals surface area (Å²) in [5, 5.41) is 11.8. The molecule has 25 heavy (non-hydrogen) atoms. The van der Waals surface area contributed by atoms with Crippen LogP contribution in [0.1, 0.15) is 45.7 Å². The highest BCUT2D eigenvalue weighted by Crippen LogP contribution is 2.16. The number of likely N-dealkylation sites (tertiary alicyclic amines) is 1. The Kier molecular flexibility index (Phi) is 5.05. The van der Waals surface area contributed by atoms with Crippen molar-refractivity contribution in [1.29, 1.82) is 5.26 Å². The monoisotopic (exact) mass is 334 g/mol. The van der Waals surface area contributed by atoms with Gasteiger partial charge in [-0.2, -0.15) is 5.26 Å². The highest BCUT2D eigenvalue weighted by atomic mass is 16.2. The molecule has 1 fully saturated rings. The van der Waals surface area contributed by atoms with Crippen LogP contribution in [0.25, 0.3) is 0 Å². The van der Waals surface area contributed by atoms with Crippen LogP contribution < -0.4 is 5.32 Å². The van der Waals surface area contributed by atoms with E-state index in [-0.39, 0.29) is 11.6 Å². The van der Waals surface area contributed by atoms with E-state index in [1.165, 1.54) is 12.3 Å². The molecule has 126 valence electrons. The molecule has 0 aliphatic carbocycles. The molecule has 3 rings (SSSR count). The van der Waals surface area contributed by atoms with Crippen molar-refractivity contribution in [2.75, 3.05) is 18.4 Å². The van der Waals surface area contributed by atoms with E-state index in [0.29, 0.717) is 16.8 Å². The highest BCUT2D eigenvalue weighted by Gasteiger charge is 2.20. The predicted molar refractivity (Wildman–Crippen MR) is 93.1 cm³/mol. The standard InChI is InChI=1S/C19H18N4O2/c20-13-15-6-2-3-7-16(15)22-18(24)17-12-14(8-9-21-17)19(25)23-10-4-1-5-11-23/h2-3,6-9,12H,1,4-5,10-11H2,(H,22,24). The zero-order valence-corrected chi connectivity index (χ0v) is 13.7. The Morgan fingerprint density at radius 2 is 1.88 bits per heavy atom. The first-order chi connectivity index (χ1) is 12.2. The van der Waals surface area contributed by atoms with Crippen molar-refractivity contribution in [3.63, 3.8) is 0 Å². The molecule has 2 aromatic rings. The summed E-state index contributed by atoms with van der Waals surface area (Å²) < 4.78 is 0. The predicted octanol–water partition coefficient (Wildman–Crippen LogP) is 2.83. The maximum absolute atomic E-state index is 12.6. The van der Waals surface area contributed by atoms with Crippen molar-refractivity contribution in [3.8, 4) is 6.07 Å². The summed E-state index contributed by atoms with van der Waals surface area (Å²) in [7, 11) is 0. The van der Waals surface area contributed by atoms with Gasteiger partial charge in [-0.15, -0.1) is 0 Å². The molecule has 0 radical (unpaired) electrons. The van der Waals surface area contributed by atoms with Crippen molar-refractivity contribution in [2.24, 2.45) is 0 Å². The minimum absolute atomic E-state index is 0.0754. The van der Waals surface area contributed by atoms with Crippen LogP contribution in [0.3, 0.4) is 0 Å². The van der Waals surface area contributed by atoms with Crippen molar-refractivity contribution in [1.82, 2.24) is 9.88 Å². The van der Waals surface area contributed by atoms with Crippen molar-refractivity contribution in [2.45, 2.75) is 19.3 Å². The third-order valence-electron chi connectivity index (χ3n) is 4.18. The molecule has 1 N–H and O–H groups in total. The third kappa shape index (κ3) is 3.83. The number of aromatic nitrogens is 1. The second kappa shape index (κ2) is 7.58. The van der Waals surface area contributed by atoms with Gasteiger partial charge >= 0.3 is 0 Å². The van der Waals surface area contributed by atoms with Crippen LogP contribution in [0.5, 0.6) is 0 Å². The largest absolute Gasteiger partial charge is 0.339 e. The first-order valence-corrected chi connectivity index (χ1v) is 8.25. The number of pyridine rings is 1. The van der Waals surface area contributed by atoms with Gasteiger partial charge in [0.15, 0.2) is 0 Å². The summed E-state index contributed by atoms with van der Waals surface area (Å²) in [6.07, 6.45) is 4.62. The molecule has 6 heteroatoms. The maximum atomic E-state index is 12.6. The second-order valence-corrected chi connectivity index (χ2v) is 5.89. The van der Waals surface area contributed by atoms with Gasteiger partial charge in [-0.25, -0.2) is 0 Å². The molecule has 2 heterocycles. The van der Waals surface area contributed by atoms with E-state index in [2.05, 4.69) is 10.3 Å². The van der Waals surface area contributed by atoms with Gasteiger partial charge in [-0.05, 0) is 43.5 Å². The number of hydrogen-bond donors (Lipinski definition) is 1. The summed E-state index contributed by atoms with van der Waals surface area (Å²) in [5.74, 6) is -0.524. The lowest BCUT2D eigenvalue weighted by atomic mass is 10.1. The van der Waals surface area contributed by atoms with Gasteiger partial charge in [-0.3, -0.25) is 14.6 Å². The quantitative estimate of drug-likeness (QED) is 0.935. The Bertz CT molecular complexity index is 835. The number of benzene rings is 1. The molecule has 1 aliphatic heterocycles. The summed E-state index contributed by atoms with van der Waals surface area (Å²) in [6, 6.07) is 11.9. The van der Waals surface area contributed by atoms with Crippen molar-refractivity contribution < 1.29 is 9.59 Å². The minimum atomic E-state index is -0.448. The van der Waals surface area contributed by atoms with Crippen LogP contribution in [0, 0.1) is 11.3 Å². The summed E-state index contributed by atoms with van der Waals surface area (Å²) in [4.78, 5) is 30.8. The molecule has 0 bridgehead atoms. The van der Waals surface area contributed by atoms with Crippen LogP contribution in [0.15, 0.2) is 42.6 Å². The Morgan fingerprint density at radius 1 is 1.12 bits per heavy atom. The Hall–Kier alpha value is -3.20. The summed E-state index contributed by atoms with van der Waals surface area (Å²) >= 11 is 0. The molecule has 0 spiro atoms. The number of piperidine rings is 1. The van der Waals surface area contributed by atoms with Gasteiger partial charge in [0.1, 0.15) is 11.8 Å². The van der Waals surface area contributed by atoms with E-state index in [9.17, 15) is 9.59 Å². The van der Waals surface area contributed by atoms with E-state index in [0.717, 1.165) is 32.4 Å². The molecule has 0 atom stereocenters.